The summed E-state index contributed by atoms with van der Waals surface area (Å²) >= 11 is 0. The second-order valence-electron chi connectivity index (χ2n) is 3.96. The number of hydrogen-bond donors (Lipinski definition) is 2. The SMILES string of the molecule is CCc1cnc(CNC(=O)N(CC)CCC(=O)O)o1. The summed E-state index contributed by atoms with van der Waals surface area (Å²) in [7, 11) is 0. The molecule has 0 atom stereocenters. The maximum atomic E-state index is 11.8. The third-order valence-electron chi connectivity index (χ3n) is 2.61. The maximum Gasteiger partial charge on any atom is 0.317 e. The molecule has 0 aliphatic carbocycles. The molecule has 0 saturated heterocycles. The number of oxazole rings is 1. The summed E-state index contributed by atoms with van der Waals surface area (Å²) in [6, 6.07) is -0.319. The number of nitrogens with zero attached hydrogens (tertiary/aromatic N) is 2. The normalized spacial score (nSPS) is 10.2. The molecule has 0 unspecified atom stereocenters. The lowest BCUT2D eigenvalue weighted by atomic mass is 10.4. The van der Waals surface area contributed by atoms with Gasteiger partial charge in [-0.05, 0) is 6.92 Å². The lowest BCUT2D eigenvalue weighted by Gasteiger charge is -2.19. The second-order valence-corrected chi connectivity index (χ2v) is 3.96. The standard InChI is InChI=1S/C12H19N3O4/c1-3-9-7-13-10(19-9)8-14-12(18)15(4-2)6-5-11(16)17/h7H,3-6,8H2,1-2H3,(H,14,18)(H,16,17). The summed E-state index contributed by atoms with van der Waals surface area (Å²) in [4.78, 5) is 27.7. The van der Waals surface area contributed by atoms with Crippen molar-refractivity contribution in [1.29, 1.82) is 0 Å². The van der Waals surface area contributed by atoms with Gasteiger partial charge in [0.1, 0.15) is 5.76 Å². The van der Waals surface area contributed by atoms with Crippen molar-refractivity contribution in [1.82, 2.24) is 15.2 Å². The molecule has 0 aliphatic rings. The van der Waals surface area contributed by atoms with E-state index in [1.165, 1.54) is 4.90 Å². The van der Waals surface area contributed by atoms with Gasteiger partial charge < -0.3 is 19.7 Å². The Morgan fingerprint density at radius 2 is 2.21 bits per heavy atom. The predicted octanol–water partition coefficient (Wildman–Crippen LogP) is 1.24. The number of carboxylic acid groups (broad SMARTS) is 1. The van der Waals surface area contributed by atoms with Crippen molar-refractivity contribution in [2.24, 2.45) is 0 Å². The smallest absolute Gasteiger partial charge is 0.317 e. The number of hydrogen-bond acceptors (Lipinski definition) is 4. The van der Waals surface area contributed by atoms with E-state index >= 15 is 0 Å². The summed E-state index contributed by atoms with van der Waals surface area (Å²) in [6.07, 6.45) is 2.31. The predicted molar refractivity (Wildman–Crippen MR) is 67.6 cm³/mol. The first-order valence-corrected chi connectivity index (χ1v) is 6.25. The molecule has 19 heavy (non-hydrogen) atoms. The van der Waals surface area contributed by atoms with E-state index in [0.717, 1.165) is 12.2 Å². The first-order valence-electron chi connectivity index (χ1n) is 6.25. The Morgan fingerprint density at radius 3 is 2.74 bits per heavy atom. The number of rotatable bonds is 7. The molecule has 0 radical (unpaired) electrons. The van der Waals surface area contributed by atoms with Gasteiger partial charge in [0.2, 0.25) is 5.89 Å². The molecule has 106 valence electrons. The fraction of sp³-hybridized carbons (Fsp3) is 0.583. The first-order chi connectivity index (χ1) is 9.06. The number of amides is 2. The summed E-state index contributed by atoms with van der Waals surface area (Å²) in [5.41, 5.74) is 0. The Morgan fingerprint density at radius 1 is 1.47 bits per heavy atom. The van der Waals surface area contributed by atoms with Gasteiger partial charge in [-0.2, -0.15) is 0 Å². The number of carbonyl (C=O) groups is 2. The Kier molecular flexibility index (Phi) is 5.84. The Balaban J connectivity index is 2.41. The molecule has 0 aromatic carbocycles. The largest absolute Gasteiger partial charge is 0.481 e. The van der Waals surface area contributed by atoms with Crippen molar-refractivity contribution in [3.63, 3.8) is 0 Å². The van der Waals surface area contributed by atoms with Crippen molar-refractivity contribution >= 4 is 12.0 Å². The number of aliphatic carboxylic acids is 1. The van der Waals surface area contributed by atoms with E-state index in [9.17, 15) is 9.59 Å². The van der Waals surface area contributed by atoms with Gasteiger partial charge in [0.05, 0.1) is 19.2 Å². The fourth-order valence-electron chi connectivity index (χ4n) is 1.49. The average molecular weight is 269 g/mol. The number of nitrogens with one attached hydrogen (secondary N) is 1. The Bertz CT molecular complexity index is 430. The van der Waals surface area contributed by atoms with Crippen LogP contribution in [-0.2, 0) is 17.8 Å². The first kappa shape index (κ1) is 15.0. The minimum absolute atomic E-state index is 0.0692. The van der Waals surface area contributed by atoms with Crippen molar-refractivity contribution in [2.75, 3.05) is 13.1 Å². The van der Waals surface area contributed by atoms with Gasteiger partial charge in [0, 0.05) is 19.5 Å². The van der Waals surface area contributed by atoms with Crippen LogP contribution < -0.4 is 5.32 Å². The van der Waals surface area contributed by atoms with Gasteiger partial charge in [0.25, 0.3) is 0 Å². The fourth-order valence-corrected chi connectivity index (χ4v) is 1.49. The van der Waals surface area contributed by atoms with Crippen molar-refractivity contribution in [3.8, 4) is 0 Å². The molecule has 0 saturated carbocycles. The topological polar surface area (TPSA) is 95.7 Å². The quantitative estimate of drug-likeness (QED) is 0.776. The van der Waals surface area contributed by atoms with Gasteiger partial charge in [-0.3, -0.25) is 4.79 Å². The van der Waals surface area contributed by atoms with E-state index in [4.69, 9.17) is 9.52 Å². The van der Waals surface area contributed by atoms with E-state index < -0.39 is 5.97 Å². The van der Waals surface area contributed by atoms with E-state index in [1.54, 1.807) is 13.1 Å². The van der Waals surface area contributed by atoms with E-state index in [1.807, 2.05) is 6.92 Å². The second kappa shape index (κ2) is 7.40. The van der Waals surface area contributed by atoms with Crippen LogP contribution in [-0.4, -0.2) is 40.1 Å². The van der Waals surface area contributed by atoms with Gasteiger partial charge in [-0.1, -0.05) is 6.92 Å². The zero-order valence-electron chi connectivity index (χ0n) is 11.2. The molecular formula is C12H19N3O4. The zero-order valence-corrected chi connectivity index (χ0v) is 11.2. The molecule has 0 bridgehead atoms. The molecule has 7 nitrogen and oxygen atoms in total. The average Bonchev–Trinajstić information content (AvgIpc) is 2.84. The number of urea groups is 1. The molecule has 1 rings (SSSR count). The summed E-state index contributed by atoms with van der Waals surface area (Å²) in [5.74, 6) is 0.286. The van der Waals surface area contributed by atoms with Crippen LogP contribution in [0.1, 0.15) is 31.9 Å². The Labute approximate surface area is 111 Å². The zero-order chi connectivity index (χ0) is 14.3. The van der Waals surface area contributed by atoms with E-state index in [2.05, 4.69) is 10.3 Å². The maximum absolute atomic E-state index is 11.8. The van der Waals surface area contributed by atoms with Crippen LogP contribution >= 0.6 is 0 Å². The van der Waals surface area contributed by atoms with Gasteiger partial charge in [0.15, 0.2) is 0 Å². The molecule has 1 heterocycles. The minimum atomic E-state index is -0.925. The molecule has 1 aromatic rings. The highest BCUT2D eigenvalue weighted by atomic mass is 16.4. The highest BCUT2D eigenvalue weighted by Gasteiger charge is 2.13. The lowest BCUT2D eigenvalue weighted by Crippen LogP contribution is -2.40. The van der Waals surface area contributed by atoms with Crippen LogP contribution in [0.5, 0.6) is 0 Å². The van der Waals surface area contributed by atoms with E-state index in [0.29, 0.717) is 12.4 Å². The van der Waals surface area contributed by atoms with Crippen molar-refractivity contribution in [3.05, 3.63) is 17.8 Å². The highest BCUT2D eigenvalue weighted by Crippen LogP contribution is 2.04. The number of carboxylic acids is 1. The molecule has 2 amide bonds. The molecular weight excluding hydrogens is 250 g/mol. The van der Waals surface area contributed by atoms with Crippen molar-refractivity contribution < 1.29 is 19.1 Å². The van der Waals surface area contributed by atoms with E-state index in [-0.39, 0.29) is 25.5 Å². The number of carbonyl (C=O) groups excluding carboxylic acids is 1. The molecule has 2 N–H and O–H groups in total. The third kappa shape index (κ3) is 4.99. The third-order valence-corrected chi connectivity index (χ3v) is 2.61. The molecule has 1 aromatic heterocycles. The molecule has 0 fully saturated rings. The Hall–Kier alpha value is -2.05. The summed E-state index contributed by atoms with van der Waals surface area (Å²) < 4.78 is 5.36. The number of aromatic nitrogens is 1. The lowest BCUT2D eigenvalue weighted by molar-refractivity contribution is -0.137. The van der Waals surface area contributed by atoms with Crippen LogP contribution in [0, 0.1) is 0 Å². The van der Waals surface area contributed by atoms with Crippen LogP contribution in [0.15, 0.2) is 10.6 Å². The van der Waals surface area contributed by atoms with Gasteiger partial charge in [-0.25, -0.2) is 9.78 Å². The van der Waals surface area contributed by atoms with Crippen LogP contribution in [0.3, 0.4) is 0 Å². The van der Waals surface area contributed by atoms with Gasteiger partial charge >= 0.3 is 12.0 Å². The highest BCUT2D eigenvalue weighted by molar-refractivity contribution is 5.75. The minimum Gasteiger partial charge on any atom is -0.481 e. The number of aryl methyl sites for hydroxylation is 1. The van der Waals surface area contributed by atoms with Crippen LogP contribution in [0.2, 0.25) is 0 Å². The van der Waals surface area contributed by atoms with Crippen molar-refractivity contribution in [2.45, 2.75) is 33.2 Å². The molecule has 7 heteroatoms. The van der Waals surface area contributed by atoms with Gasteiger partial charge in [-0.15, -0.1) is 0 Å². The molecule has 0 spiro atoms. The summed E-state index contributed by atoms with van der Waals surface area (Å²) in [6.45, 7) is 4.58. The van der Waals surface area contributed by atoms with Crippen LogP contribution in [0.4, 0.5) is 4.79 Å². The molecule has 0 aliphatic heterocycles. The monoisotopic (exact) mass is 269 g/mol. The van der Waals surface area contributed by atoms with Crippen LogP contribution in [0.25, 0.3) is 0 Å². The summed E-state index contributed by atoms with van der Waals surface area (Å²) in [5, 5.41) is 11.2.